The number of nitrogens with one attached hydrogen (secondary N) is 1. The van der Waals surface area contributed by atoms with Crippen molar-refractivity contribution in [3.8, 4) is 22.9 Å². The molecule has 3 aliphatic heterocycles. The van der Waals surface area contributed by atoms with E-state index in [1.807, 2.05) is 17.9 Å². The largest absolute Gasteiger partial charge is 0.484 e. The first-order valence-corrected chi connectivity index (χ1v) is 18.3. The molecule has 2 aromatic carbocycles. The Morgan fingerprint density at radius 1 is 1.14 bits per heavy atom. The number of benzene rings is 2. The highest BCUT2D eigenvalue weighted by Crippen LogP contribution is 2.51. The molecule has 2 bridgehead atoms. The topological polar surface area (TPSA) is 96.1 Å². The zero-order valence-electron chi connectivity index (χ0n) is 27.8. The molecular formula is C39H34Cl2F2N6O2. The van der Waals surface area contributed by atoms with E-state index >= 15 is 4.39 Å². The van der Waals surface area contributed by atoms with Crippen LogP contribution in [0.4, 0.5) is 8.78 Å². The lowest BCUT2D eigenvalue weighted by molar-refractivity contribution is -0.133. The Labute approximate surface area is 303 Å². The molecule has 0 spiro atoms. The zero-order chi connectivity index (χ0) is 35.1. The van der Waals surface area contributed by atoms with Gasteiger partial charge in [0, 0.05) is 70.8 Å². The molecule has 1 amide bonds. The van der Waals surface area contributed by atoms with E-state index in [0.29, 0.717) is 58.1 Å². The van der Waals surface area contributed by atoms with Crippen molar-refractivity contribution >= 4 is 50.9 Å². The third-order valence-corrected chi connectivity index (χ3v) is 12.1. The molecule has 5 atom stereocenters. The molecule has 5 unspecified atom stereocenters. The van der Waals surface area contributed by atoms with Crippen LogP contribution in [0.25, 0.3) is 32.9 Å². The molecule has 10 rings (SSSR count). The molecule has 2 saturated carbocycles. The Bertz CT molecular complexity index is 2290. The molecule has 0 radical (unpaired) electrons. The highest BCUT2D eigenvalue weighted by atomic mass is 35.5. The number of hydrogen-bond acceptors (Lipinski definition) is 6. The van der Waals surface area contributed by atoms with Crippen molar-refractivity contribution in [3.05, 3.63) is 87.4 Å². The van der Waals surface area contributed by atoms with Gasteiger partial charge < -0.3 is 19.5 Å². The first-order valence-electron chi connectivity index (χ1n) is 17.5. The number of carbonyl (C=O) groups is 1. The van der Waals surface area contributed by atoms with Crippen LogP contribution in [-0.4, -0.2) is 50.6 Å². The molecule has 2 aliphatic carbocycles. The summed E-state index contributed by atoms with van der Waals surface area (Å²) >= 11 is 13.1. The number of aryl methyl sites for hydroxylation is 2. The summed E-state index contributed by atoms with van der Waals surface area (Å²) in [5.74, 6) is -0.725. The Morgan fingerprint density at radius 2 is 1.98 bits per heavy atom. The monoisotopic (exact) mass is 726 g/mol. The molecule has 260 valence electrons. The lowest BCUT2D eigenvalue weighted by Gasteiger charge is -2.39. The lowest BCUT2D eigenvalue weighted by Crippen LogP contribution is -2.41. The van der Waals surface area contributed by atoms with Crippen molar-refractivity contribution in [3.63, 3.8) is 0 Å². The van der Waals surface area contributed by atoms with E-state index in [9.17, 15) is 14.4 Å². The fourth-order valence-electron chi connectivity index (χ4n) is 8.71. The van der Waals surface area contributed by atoms with Crippen LogP contribution in [0.1, 0.15) is 61.1 Å². The van der Waals surface area contributed by atoms with E-state index in [1.165, 1.54) is 6.20 Å². The number of rotatable bonds is 8. The summed E-state index contributed by atoms with van der Waals surface area (Å²) in [6.07, 6.45) is 4.61. The van der Waals surface area contributed by atoms with E-state index in [-0.39, 0.29) is 52.7 Å². The Hall–Kier alpha value is -4.30. The second-order valence-corrected chi connectivity index (χ2v) is 15.1. The molecule has 3 saturated heterocycles. The van der Waals surface area contributed by atoms with Gasteiger partial charge in [0.1, 0.15) is 11.6 Å². The number of halogens is 4. The minimum atomic E-state index is -0.687. The van der Waals surface area contributed by atoms with E-state index in [1.54, 1.807) is 30.3 Å². The van der Waals surface area contributed by atoms with Crippen LogP contribution < -0.4 is 10.1 Å². The summed E-state index contributed by atoms with van der Waals surface area (Å²) in [5.41, 5.74) is 4.05. The predicted molar refractivity (Wildman–Crippen MR) is 191 cm³/mol. The molecule has 12 heteroatoms. The van der Waals surface area contributed by atoms with Crippen LogP contribution in [-0.2, 0) is 11.2 Å². The minimum Gasteiger partial charge on any atom is -0.484 e. The molecule has 6 heterocycles. The highest BCUT2D eigenvalue weighted by molar-refractivity contribution is 6.43. The summed E-state index contributed by atoms with van der Waals surface area (Å²) in [7, 11) is 0. The van der Waals surface area contributed by atoms with Crippen molar-refractivity contribution in [1.82, 2.24) is 24.8 Å². The van der Waals surface area contributed by atoms with Crippen LogP contribution in [0.2, 0.25) is 10.0 Å². The van der Waals surface area contributed by atoms with Gasteiger partial charge in [-0.25, -0.2) is 14.4 Å². The second kappa shape index (κ2) is 12.4. The number of pyridine rings is 2. The van der Waals surface area contributed by atoms with Gasteiger partial charge in [-0.1, -0.05) is 35.3 Å². The predicted octanol–water partition coefficient (Wildman–Crippen LogP) is 8.26. The number of amides is 1. The Balaban J connectivity index is 1.26. The number of nitriles is 1. The van der Waals surface area contributed by atoms with E-state index < -0.39 is 17.9 Å². The van der Waals surface area contributed by atoms with Crippen LogP contribution in [0, 0.1) is 41.9 Å². The zero-order valence-corrected chi connectivity index (χ0v) is 29.3. The van der Waals surface area contributed by atoms with Crippen LogP contribution in [0.15, 0.2) is 48.7 Å². The fraction of sp³-hybridized carbons (Fsp3) is 0.385. The second-order valence-electron chi connectivity index (χ2n) is 14.3. The summed E-state index contributed by atoms with van der Waals surface area (Å²) in [4.78, 5) is 24.5. The maximum absolute atomic E-state index is 17.1. The van der Waals surface area contributed by atoms with Crippen LogP contribution in [0.3, 0.4) is 0 Å². The normalized spacial score (nSPS) is 23.9. The number of fused-ring (bicyclic) bond motifs is 4. The smallest absolute Gasteiger partial charge is 0.255 e. The lowest BCUT2D eigenvalue weighted by atomic mass is 9.79. The molecule has 51 heavy (non-hydrogen) atoms. The third kappa shape index (κ3) is 5.27. The van der Waals surface area contributed by atoms with Crippen LogP contribution >= 0.6 is 23.2 Å². The van der Waals surface area contributed by atoms with E-state index in [0.717, 1.165) is 42.4 Å². The maximum Gasteiger partial charge on any atom is 0.255 e. The summed E-state index contributed by atoms with van der Waals surface area (Å²) in [6.45, 7) is 3.08. The van der Waals surface area contributed by atoms with Gasteiger partial charge in [-0.05, 0) is 74.4 Å². The summed E-state index contributed by atoms with van der Waals surface area (Å²) in [6, 6.07) is 14.6. The first kappa shape index (κ1) is 32.6. The molecule has 1 N–H and O–H groups in total. The molecular weight excluding hydrogens is 693 g/mol. The molecule has 3 aromatic heterocycles. The quantitative estimate of drug-likeness (QED) is 0.162. The highest BCUT2D eigenvalue weighted by Gasteiger charge is 2.51. The number of hydrogen-bond donors (Lipinski definition) is 1. The van der Waals surface area contributed by atoms with E-state index in [2.05, 4.69) is 27.0 Å². The van der Waals surface area contributed by atoms with Crippen molar-refractivity contribution < 1.29 is 18.3 Å². The third-order valence-electron chi connectivity index (χ3n) is 11.3. The van der Waals surface area contributed by atoms with Crippen LogP contribution in [0.5, 0.6) is 5.75 Å². The number of ether oxygens (including phenoxy) is 1. The molecule has 5 fully saturated rings. The van der Waals surface area contributed by atoms with Gasteiger partial charge in [0.15, 0.2) is 11.6 Å². The van der Waals surface area contributed by atoms with Gasteiger partial charge in [-0.2, -0.15) is 9.65 Å². The van der Waals surface area contributed by atoms with Gasteiger partial charge in [-0.3, -0.25) is 4.79 Å². The average Bonchev–Trinajstić information content (AvgIpc) is 3.40. The van der Waals surface area contributed by atoms with Gasteiger partial charge in [0.05, 0.1) is 40.3 Å². The SMILES string of the molecule is Cc1nc2c(F)c(-c3cccc(Cl)c3Cl)c(CCC#N)cc2c2c1cc(C1CC(Oc3cccnc3F)CN1C(=O)C1CC1)n2C1C2CNC1C2. The van der Waals surface area contributed by atoms with E-state index in [4.69, 9.17) is 32.9 Å². The summed E-state index contributed by atoms with van der Waals surface area (Å²) < 4.78 is 40.3. The first-order chi connectivity index (χ1) is 24.7. The molecule has 8 nitrogen and oxygen atoms in total. The van der Waals surface area contributed by atoms with Crippen molar-refractivity contribution in [2.24, 2.45) is 11.8 Å². The molecule has 5 aliphatic rings. The summed E-state index contributed by atoms with van der Waals surface area (Å²) in [5, 5.41) is 15.3. The fourth-order valence-corrected chi connectivity index (χ4v) is 9.10. The van der Waals surface area contributed by atoms with Gasteiger partial charge >= 0.3 is 0 Å². The number of likely N-dealkylation sites (tertiary alicyclic amines) is 1. The Morgan fingerprint density at radius 3 is 2.71 bits per heavy atom. The van der Waals surface area contributed by atoms with Gasteiger partial charge in [-0.15, -0.1) is 0 Å². The number of carbonyl (C=O) groups excluding carboxylic acids is 1. The van der Waals surface area contributed by atoms with Crippen molar-refractivity contribution in [1.29, 1.82) is 5.26 Å². The van der Waals surface area contributed by atoms with Gasteiger partial charge in [0.25, 0.3) is 5.95 Å². The maximum atomic E-state index is 17.1. The minimum absolute atomic E-state index is 0.0292. The average molecular weight is 728 g/mol. The van der Waals surface area contributed by atoms with Crippen molar-refractivity contribution in [2.45, 2.75) is 69.7 Å². The van der Waals surface area contributed by atoms with Crippen molar-refractivity contribution in [2.75, 3.05) is 13.1 Å². The number of aromatic nitrogens is 3. The van der Waals surface area contributed by atoms with Gasteiger partial charge in [0.2, 0.25) is 5.91 Å². The Kier molecular flexibility index (Phi) is 7.95. The number of nitrogens with zero attached hydrogens (tertiary/aromatic N) is 5. The standard InChI is InChI=1S/C39H34Cl2F2N6O2/c1-19-25-16-30(29-15-23(18-48(29)39(50)20-9-10-20)51-31-8-4-12-45-38(31)43)49(36-22-14-28(36)46-17-22)37(25)26-13-21(5-3-11-44)32(34(42)35(26)47-19)24-6-2-7-27(40)33(24)41/h2,4,6-8,12-13,16,20,22-23,28-29,36,46H,3,5,9-10,14-15,17-18H2,1H3. The molecule has 5 aromatic rings.